The maximum absolute atomic E-state index is 14.2. The van der Waals surface area contributed by atoms with E-state index in [-0.39, 0.29) is 24.2 Å². The number of nitrogens with one attached hydrogen (secondary N) is 2. The Morgan fingerprint density at radius 2 is 1.68 bits per heavy atom. The van der Waals surface area contributed by atoms with E-state index in [4.69, 9.17) is 10.5 Å². The largest absolute Gasteiger partial charge is 0.508 e. The number of unbranched alkanes of at least 4 members (excludes halogenated alkanes) is 2. The molecule has 1 aromatic rings. The van der Waals surface area contributed by atoms with E-state index in [0.29, 0.717) is 13.0 Å². The second-order valence-electron chi connectivity index (χ2n) is 11.0. The summed E-state index contributed by atoms with van der Waals surface area (Å²) in [6.07, 6.45) is 2.04. The number of primary amides is 1. The molecule has 0 heterocycles. The van der Waals surface area contributed by atoms with Crippen LogP contribution in [0.2, 0.25) is 0 Å². The predicted octanol–water partition coefficient (Wildman–Crippen LogP) is 3.92. The van der Waals surface area contributed by atoms with Crippen molar-refractivity contribution >= 4 is 23.8 Å². The number of carbonyl (C=O) groups is 4. The summed E-state index contributed by atoms with van der Waals surface area (Å²) in [6.45, 7) is 13.0. The Labute approximate surface area is 226 Å². The summed E-state index contributed by atoms with van der Waals surface area (Å²) in [5, 5.41) is 16.2. The molecule has 0 aliphatic heterocycles. The number of rotatable bonds is 14. The van der Waals surface area contributed by atoms with Crippen LogP contribution >= 0.6 is 0 Å². The maximum atomic E-state index is 14.2. The van der Waals surface area contributed by atoms with Crippen LogP contribution in [0, 0.1) is 0 Å². The summed E-state index contributed by atoms with van der Waals surface area (Å²) in [6, 6.07) is 3.96. The highest BCUT2D eigenvalue weighted by Crippen LogP contribution is 2.36. The zero-order valence-electron chi connectivity index (χ0n) is 23.9. The molecule has 38 heavy (non-hydrogen) atoms. The van der Waals surface area contributed by atoms with Gasteiger partial charge in [0.25, 0.3) is 0 Å². The molecule has 0 fully saturated rings. The first-order chi connectivity index (χ1) is 17.6. The first-order valence-electron chi connectivity index (χ1n) is 13.3. The van der Waals surface area contributed by atoms with E-state index in [1.807, 2.05) is 6.92 Å². The third-order valence-electron chi connectivity index (χ3n) is 6.24. The Balaban J connectivity index is 3.60. The van der Waals surface area contributed by atoms with Crippen molar-refractivity contribution in [1.29, 1.82) is 0 Å². The van der Waals surface area contributed by atoms with Crippen molar-refractivity contribution in [3.63, 3.8) is 0 Å². The average molecular weight is 535 g/mol. The Bertz CT molecular complexity index is 957. The van der Waals surface area contributed by atoms with E-state index in [1.165, 1.54) is 11.0 Å². The number of nitrogens with two attached hydrogens (primary N) is 1. The molecule has 0 bridgehead atoms. The lowest BCUT2D eigenvalue weighted by atomic mass is 9.91. The van der Waals surface area contributed by atoms with Crippen LogP contribution in [0.5, 0.6) is 5.75 Å². The highest BCUT2D eigenvalue weighted by Gasteiger charge is 2.43. The molecule has 10 nitrogen and oxygen atoms in total. The van der Waals surface area contributed by atoms with Crippen molar-refractivity contribution in [3.05, 3.63) is 29.8 Å². The second kappa shape index (κ2) is 14.6. The molecule has 214 valence electrons. The Hall–Kier alpha value is -3.30. The van der Waals surface area contributed by atoms with Crippen LogP contribution in [0.1, 0.15) is 98.6 Å². The van der Waals surface area contributed by atoms with Crippen molar-refractivity contribution in [2.45, 2.75) is 110 Å². The topological polar surface area (TPSA) is 151 Å². The molecule has 0 radical (unpaired) electrons. The number of amides is 4. The summed E-state index contributed by atoms with van der Waals surface area (Å²) >= 11 is 0. The van der Waals surface area contributed by atoms with Crippen LogP contribution in [-0.4, -0.2) is 57.5 Å². The summed E-state index contributed by atoms with van der Waals surface area (Å²) in [4.78, 5) is 53.5. The first kappa shape index (κ1) is 32.7. The van der Waals surface area contributed by atoms with E-state index in [0.717, 1.165) is 19.3 Å². The van der Waals surface area contributed by atoms with E-state index >= 15 is 0 Å². The van der Waals surface area contributed by atoms with E-state index in [2.05, 4.69) is 17.6 Å². The monoisotopic (exact) mass is 534 g/mol. The van der Waals surface area contributed by atoms with Crippen LogP contribution in [0.15, 0.2) is 24.3 Å². The van der Waals surface area contributed by atoms with Crippen LogP contribution in [0.25, 0.3) is 0 Å². The van der Waals surface area contributed by atoms with Crippen molar-refractivity contribution in [2.75, 3.05) is 6.54 Å². The summed E-state index contributed by atoms with van der Waals surface area (Å²) in [5.74, 6) is -1.83. The van der Waals surface area contributed by atoms with Gasteiger partial charge in [0.15, 0.2) is 0 Å². The van der Waals surface area contributed by atoms with Gasteiger partial charge in [0.1, 0.15) is 23.4 Å². The van der Waals surface area contributed by atoms with Gasteiger partial charge in [0.2, 0.25) is 17.7 Å². The summed E-state index contributed by atoms with van der Waals surface area (Å²) in [5.41, 5.74) is 3.90. The number of alkyl carbamates (subject to hydrolysis) is 1. The lowest BCUT2D eigenvalue weighted by molar-refractivity contribution is -0.149. The number of para-hydroxylation sites is 1. The van der Waals surface area contributed by atoms with E-state index < -0.39 is 47.0 Å². The fourth-order valence-electron chi connectivity index (χ4n) is 3.91. The van der Waals surface area contributed by atoms with Crippen LogP contribution in [-0.2, 0) is 19.1 Å². The molecule has 0 aromatic heterocycles. The number of phenols is 1. The van der Waals surface area contributed by atoms with Gasteiger partial charge in [-0.25, -0.2) is 4.79 Å². The molecule has 0 aliphatic rings. The molecular weight excluding hydrogens is 488 g/mol. The third kappa shape index (κ3) is 10.2. The molecule has 1 aromatic carbocycles. The number of ether oxygens (including phenoxy) is 1. The molecule has 1 rings (SSSR count). The first-order valence-corrected chi connectivity index (χ1v) is 13.3. The molecule has 0 saturated carbocycles. The van der Waals surface area contributed by atoms with Gasteiger partial charge in [-0.1, -0.05) is 44.9 Å². The minimum Gasteiger partial charge on any atom is -0.508 e. The van der Waals surface area contributed by atoms with Crippen molar-refractivity contribution in [2.24, 2.45) is 5.73 Å². The second-order valence-corrected chi connectivity index (χ2v) is 11.0. The van der Waals surface area contributed by atoms with Gasteiger partial charge in [0, 0.05) is 24.1 Å². The lowest BCUT2D eigenvalue weighted by Crippen LogP contribution is -2.59. The molecule has 2 unspecified atom stereocenters. The summed E-state index contributed by atoms with van der Waals surface area (Å²) in [7, 11) is 0. The average Bonchev–Trinajstić information content (AvgIpc) is 2.81. The molecule has 10 heteroatoms. The molecule has 0 spiro atoms. The van der Waals surface area contributed by atoms with Crippen molar-refractivity contribution in [3.8, 4) is 5.75 Å². The molecular formula is C28H46N4O6. The van der Waals surface area contributed by atoms with E-state index in [9.17, 15) is 24.3 Å². The van der Waals surface area contributed by atoms with Crippen LogP contribution in [0.4, 0.5) is 4.79 Å². The zero-order valence-corrected chi connectivity index (χ0v) is 23.9. The molecule has 5 N–H and O–H groups in total. The van der Waals surface area contributed by atoms with Gasteiger partial charge in [-0.2, -0.15) is 0 Å². The normalized spacial score (nSPS) is 13.2. The van der Waals surface area contributed by atoms with Crippen LogP contribution in [0.3, 0.4) is 0 Å². The number of nitrogens with zero attached hydrogens (tertiary/aromatic N) is 1. The highest BCUT2D eigenvalue weighted by molar-refractivity contribution is 5.93. The minimum absolute atomic E-state index is 0.0880. The Morgan fingerprint density at radius 3 is 2.21 bits per heavy atom. The number of benzene rings is 1. The highest BCUT2D eigenvalue weighted by atomic mass is 16.6. The molecule has 4 amide bonds. The quantitative estimate of drug-likeness (QED) is 0.266. The predicted molar refractivity (Wildman–Crippen MR) is 146 cm³/mol. The fraction of sp³-hybridized carbons (Fsp3) is 0.643. The number of hydrogen-bond acceptors (Lipinski definition) is 6. The van der Waals surface area contributed by atoms with Crippen molar-refractivity contribution < 1.29 is 29.0 Å². The van der Waals surface area contributed by atoms with Gasteiger partial charge < -0.3 is 31.1 Å². The maximum Gasteiger partial charge on any atom is 0.408 e. The van der Waals surface area contributed by atoms with Gasteiger partial charge in [-0.15, -0.1) is 0 Å². The van der Waals surface area contributed by atoms with Gasteiger partial charge in [-0.3, -0.25) is 14.4 Å². The standard InChI is InChI=1S/C28H46N4O6/c1-8-10-13-18-30-24(35)23(19-14-11-12-15-21(19)33)32(28(6,7)9-2)25(36)20(16-17-22(29)34)31-26(37)38-27(3,4)5/h11-12,14-15,20,23,33H,8-10,13,16-18H2,1-7H3,(H2,29,34)(H,30,35)(H,31,37). The Kier molecular flexibility index (Phi) is 12.6. The molecule has 0 aliphatic carbocycles. The van der Waals surface area contributed by atoms with Crippen molar-refractivity contribution in [1.82, 2.24) is 15.5 Å². The SMILES string of the molecule is CCCCCNC(=O)C(c1ccccc1O)N(C(=O)C(CCC(N)=O)NC(=O)OC(C)(C)C)C(C)(C)CC. The summed E-state index contributed by atoms with van der Waals surface area (Å²) < 4.78 is 5.35. The lowest BCUT2D eigenvalue weighted by Gasteiger charge is -2.44. The fourth-order valence-corrected chi connectivity index (χ4v) is 3.91. The van der Waals surface area contributed by atoms with Gasteiger partial charge in [-0.05, 0) is 59.9 Å². The number of phenolic OH excluding ortho intramolecular Hbond substituents is 1. The molecule has 2 atom stereocenters. The van der Waals surface area contributed by atoms with Crippen LogP contribution < -0.4 is 16.4 Å². The molecule has 0 saturated heterocycles. The number of carbonyl (C=O) groups excluding carboxylic acids is 4. The number of hydrogen-bond donors (Lipinski definition) is 4. The Morgan fingerprint density at radius 1 is 1.05 bits per heavy atom. The van der Waals surface area contributed by atoms with Gasteiger partial charge >= 0.3 is 6.09 Å². The minimum atomic E-state index is -1.20. The third-order valence-corrected chi connectivity index (χ3v) is 6.24. The van der Waals surface area contributed by atoms with Gasteiger partial charge in [0.05, 0.1) is 0 Å². The van der Waals surface area contributed by atoms with E-state index in [1.54, 1.807) is 52.8 Å². The number of aromatic hydroxyl groups is 1. The smallest absolute Gasteiger partial charge is 0.408 e. The zero-order chi connectivity index (χ0) is 29.1.